The highest BCUT2D eigenvalue weighted by Crippen LogP contribution is 2.24. The fourth-order valence-corrected chi connectivity index (χ4v) is 5.05. The molecule has 0 spiro atoms. The normalized spacial score (nSPS) is 11.2. The van der Waals surface area contributed by atoms with Crippen LogP contribution >= 0.6 is 39.3 Å². The van der Waals surface area contributed by atoms with Gasteiger partial charge in [-0.25, -0.2) is 12.8 Å². The molecule has 0 saturated heterocycles. The van der Waals surface area contributed by atoms with Crippen LogP contribution < -0.4 is 10.0 Å². The summed E-state index contributed by atoms with van der Waals surface area (Å²) in [5.41, 5.74) is 1.25. The quantitative estimate of drug-likeness (QED) is 0.370. The fourth-order valence-electron chi connectivity index (χ4n) is 2.56. The number of thioether (sulfide) groups is 1. The summed E-state index contributed by atoms with van der Waals surface area (Å²) in [4.78, 5) is 12.2. The summed E-state index contributed by atoms with van der Waals surface area (Å²) >= 11 is 10.5. The molecule has 0 fully saturated rings. The smallest absolute Gasteiger partial charge is 0.261 e. The van der Waals surface area contributed by atoms with Crippen LogP contribution in [0.25, 0.3) is 0 Å². The predicted octanol–water partition coefficient (Wildman–Crippen LogP) is 5.91. The molecule has 3 aromatic rings. The molecule has 0 aromatic heterocycles. The number of amides is 1. The minimum atomic E-state index is -3.75. The third kappa shape index (κ3) is 6.70. The summed E-state index contributed by atoms with van der Waals surface area (Å²) in [6, 6.07) is 17.0. The molecular weight excluding hydrogens is 527 g/mol. The second kappa shape index (κ2) is 10.5. The van der Waals surface area contributed by atoms with Crippen LogP contribution in [-0.2, 0) is 20.6 Å². The highest BCUT2D eigenvalue weighted by Gasteiger charge is 2.14. The van der Waals surface area contributed by atoms with Gasteiger partial charge in [0.1, 0.15) is 5.82 Å². The first kappa shape index (κ1) is 23.6. The molecule has 2 N–H and O–H groups in total. The first-order valence-corrected chi connectivity index (χ1v) is 12.7. The monoisotopic (exact) mass is 542 g/mol. The summed E-state index contributed by atoms with van der Waals surface area (Å²) in [7, 11) is -3.75. The van der Waals surface area contributed by atoms with Crippen molar-refractivity contribution in [1.29, 1.82) is 0 Å². The fraction of sp³-hybridized carbons (Fsp3) is 0.0952. The standard InChI is InChI=1S/C21H17BrClFN2O3S2/c22-14-4-6-16(7-5-14)26-31(28,29)17-10-8-15(9-11-17)25-21(27)13-30-12-18-19(23)2-1-3-20(18)24/h1-11,26H,12-13H2,(H,25,27). The van der Waals surface area contributed by atoms with Gasteiger partial charge in [-0.05, 0) is 60.7 Å². The minimum Gasteiger partial charge on any atom is -0.325 e. The van der Waals surface area contributed by atoms with Crippen molar-refractivity contribution in [2.45, 2.75) is 10.6 Å². The summed E-state index contributed by atoms with van der Waals surface area (Å²) in [6.45, 7) is 0. The Bertz CT molecular complexity index is 1150. The van der Waals surface area contributed by atoms with Crippen molar-refractivity contribution in [2.24, 2.45) is 0 Å². The maximum absolute atomic E-state index is 13.8. The van der Waals surface area contributed by atoms with Gasteiger partial charge in [0.05, 0.1) is 10.6 Å². The number of halogens is 3. The number of hydrogen-bond donors (Lipinski definition) is 2. The largest absolute Gasteiger partial charge is 0.325 e. The summed E-state index contributed by atoms with van der Waals surface area (Å²) in [5.74, 6) is -0.344. The molecule has 5 nitrogen and oxygen atoms in total. The molecular formula is C21H17BrClFN2O3S2. The first-order valence-electron chi connectivity index (χ1n) is 8.93. The van der Waals surface area contributed by atoms with E-state index in [9.17, 15) is 17.6 Å². The van der Waals surface area contributed by atoms with Gasteiger partial charge in [-0.2, -0.15) is 0 Å². The molecule has 31 heavy (non-hydrogen) atoms. The lowest BCUT2D eigenvalue weighted by atomic mass is 10.2. The number of hydrogen-bond acceptors (Lipinski definition) is 4. The summed E-state index contributed by atoms with van der Waals surface area (Å²) in [6.07, 6.45) is 0. The van der Waals surface area contributed by atoms with E-state index < -0.39 is 15.8 Å². The molecule has 10 heteroatoms. The molecule has 0 heterocycles. The van der Waals surface area contributed by atoms with Gasteiger partial charge in [0.15, 0.2) is 0 Å². The van der Waals surface area contributed by atoms with Crippen molar-refractivity contribution >= 4 is 66.6 Å². The lowest BCUT2D eigenvalue weighted by molar-refractivity contribution is -0.113. The summed E-state index contributed by atoms with van der Waals surface area (Å²) in [5, 5.41) is 3.01. The molecule has 0 aliphatic rings. The lowest BCUT2D eigenvalue weighted by Gasteiger charge is -2.10. The van der Waals surface area contributed by atoms with Crippen LogP contribution in [0.5, 0.6) is 0 Å². The second-order valence-electron chi connectivity index (χ2n) is 6.38. The van der Waals surface area contributed by atoms with Gasteiger partial charge in [0.2, 0.25) is 5.91 Å². The van der Waals surface area contributed by atoms with E-state index in [4.69, 9.17) is 11.6 Å². The van der Waals surface area contributed by atoms with Gasteiger partial charge < -0.3 is 5.32 Å². The average molecular weight is 544 g/mol. The lowest BCUT2D eigenvalue weighted by Crippen LogP contribution is -2.15. The predicted molar refractivity (Wildman–Crippen MR) is 128 cm³/mol. The zero-order valence-corrected chi connectivity index (χ0v) is 19.9. The Balaban J connectivity index is 1.54. The minimum absolute atomic E-state index is 0.0667. The Morgan fingerprint density at radius 1 is 1.00 bits per heavy atom. The summed E-state index contributed by atoms with van der Waals surface area (Å²) < 4.78 is 42.1. The number of benzene rings is 3. The van der Waals surface area contributed by atoms with Gasteiger partial charge in [0, 0.05) is 32.2 Å². The van der Waals surface area contributed by atoms with Gasteiger partial charge in [-0.3, -0.25) is 9.52 Å². The second-order valence-corrected chi connectivity index (χ2v) is 10.4. The van der Waals surface area contributed by atoms with E-state index in [2.05, 4.69) is 26.0 Å². The maximum Gasteiger partial charge on any atom is 0.261 e. The highest BCUT2D eigenvalue weighted by atomic mass is 79.9. The number of carbonyl (C=O) groups excluding carboxylic acids is 1. The molecule has 0 aliphatic heterocycles. The maximum atomic E-state index is 13.8. The van der Waals surface area contributed by atoms with E-state index in [-0.39, 0.29) is 22.3 Å². The van der Waals surface area contributed by atoms with E-state index in [0.29, 0.717) is 22.0 Å². The van der Waals surface area contributed by atoms with Crippen LogP contribution in [0, 0.1) is 5.82 Å². The Hall–Kier alpha value is -2.07. The van der Waals surface area contributed by atoms with Gasteiger partial charge in [-0.1, -0.05) is 33.6 Å². The molecule has 0 radical (unpaired) electrons. The van der Waals surface area contributed by atoms with E-state index in [1.165, 1.54) is 48.2 Å². The molecule has 162 valence electrons. The molecule has 3 aromatic carbocycles. The topological polar surface area (TPSA) is 75.3 Å². The van der Waals surface area contributed by atoms with Crippen molar-refractivity contribution in [2.75, 3.05) is 15.8 Å². The Kier molecular flexibility index (Phi) is 7.99. The molecule has 0 bridgehead atoms. The number of sulfonamides is 1. The first-order chi connectivity index (χ1) is 14.7. The van der Waals surface area contributed by atoms with Crippen LogP contribution in [0.15, 0.2) is 76.1 Å². The van der Waals surface area contributed by atoms with Crippen molar-refractivity contribution < 1.29 is 17.6 Å². The number of carbonyl (C=O) groups is 1. The molecule has 0 atom stereocenters. The molecule has 1 amide bonds. The van der Waals surface area contributed by atoms with Gasteiger partial charge in [-0.15, -0.1) is 11.8 Å². The molecule has 0 saturated carbocycles. The third-order valence-electron chi connectivity index (χ3n) is 4.09. The zero-order valence-electron chi connectivity index (χ0n) is 15.9. The SMILES string of the molecule is O=C(CSCc1c(F)cccc1Cl)Nc1ccc(S(=O)(=O)Nc2ccc(Br)cc2)cc1. The number of nitrogens with one attached hydrogen (secondary N) is 2. The van der Waals surface area contributed by atoms with Gasteiger partial charge >= 0.3 is 0 Å². The highest BCUT2D eigenvalue weighted by molar-refractivity contribution is 9.10. The molecule has 0 aliphatic carbocycles. The van der Waals surface area contributed by atoms with Crippen LogP contribution in [0.4, 0.5) is 15.8 Å². The number of anilines is 2. The molecule has 0 unspecified atom stereocenters. The van der Waals surface area contributed by atoms with Crippen molar-refractivity contribution in [3.63, 3.8) is 0 Å². The Morgan fingerprint density at radius 2 is 1.65 bits per heavy atom. The van der Waals surface area contributed by atoms with Crippen LogP contribution in [-0.4, -0.2) is 20.1 Å². The van der Waals surface area contributed by atoms with Crippen molar-refractivity contribution in [3.8, 4) is 0 Å². The van der Waals surface area contributed by atoms with Crippen LogP contribution in [0.1, 0.15) is 5.56 Å². The van der Waals surface area contributed by atoms with E-state index in [0.717, 1.165) is 4.47 Å². The third-order valence-corrected chi connectivity index (χ3v) is 7.33. The van der Waals surface area contributed by atoms with Crippen molar-refractivity contribution in [3.05, 3.63) is 87.6 Å². The van der Waals surface area contributed by atoms with Crippen molar-refractivity contribution in [1.82, 2.24) is 0 Å². The van der Waals surface area contributed by atoms with Crippen LogP contribution in [0.3, 0.4) is 0 Å². The molecule has 3 rings (SSSR count). The Labute approximate surface area is 197 Å². The van der Waals surface area contributed by atoms with Crippen LogP contribution in [0.2, 0.25) is 5.02 Å². The van der Waals surface area contributed by atoms with E-state index >= 15 is 0 Å². The van der Waals surface area contributed by atoms with Gasteiger partial charge in [0.25, 0.3) is 10.0 Å². The average Bonchev–Trinajstić information content (AvgIpc) is 2.72. The Morgan fingerprint density at radius 3 is 2.29 bits per heavy atom. The number of rotatable bonds is 8. The van der Waals surface area contributed by atoms with E-state index in [1.54, 1.807) is 30.3 Å². The zero-order chi connectivity index (χ0) is 22.4. The van der Waals surface area contributed by atoms with E-state index in [1.807, 2.05) is 0 Å².